The van der Waals surface area contributed by atoms with Crippen LogP contribution >= 0.6 is 0 Å². The van der Waals surface area contributed by atoms with Gasteiger partial charge in [-0.3, -0.25) is 9.59 Å². The molecular weight excluding hydrogens is 1010 g/mol. The molecule has 0 aromatic rings. The van der Waals surface area contributed by atoms with Crippen LogP contribution in [0.15, 0.2) is 97.2 Å². The lowest BCUT2D eigenvalue weighted by Gasteiger charge is -2.25. The fourth-order valence-corrected chi connectivity index (χ4v) is 9.23. The molecule has 0 aromatic heterocycles. The zero-order valence-electron chi connectivity index (χ0n) is 53.2. The Bertz CT molecular complexity index is 1650. The molecule has 81 heavy (non-hydrogen) atoms. The molecule has 0 spiro atoms. The lowest BCUT2D eigenvalue weighted by molar-refractivity contribution is -0.870. The van der Waals surface area contributed by atoms with Gasteiger partial charge in [0.2, 0.25) is 0 Å². The Labute approximate surface area is 499 Å². The highest BCUT2D eigenvalue weighted by atomic mass is 16.7. The fraction of sp³-hybridized carbons (Fsp3) is 0.736. The Balaban J connectivity index is 4.11. The molecular formula is C72H126NO8+. The summed E-state index contributed by atoms with van der Waals surface area (Å²) in [6.45, 7) is 4.72. The molecule has 2 unspecified atom stereocenters. The second-order valence-electron chi connectivity index (χ2n) is 23.4. The van der Waals surface area contributed by atoms with Crippen LogP contribution in [-0.4, -0.2) is 87.4 Å². The summed E-state index contributed by atoms with van der Waals surface area (Å²) in [5.41, 5.74) is 0. The van der Waals surface area contributed by atoms with E-state index in [0.29, 0.717) is 23.9 Å². The van der Waals surface area contributed by atoms with Crippen LogP contribution in [0.5, 0.6) is 0 Å². The SMILES string of the molecule is CC/C=C\C/C=C\C/C=C\C/C=C\C/C=C\C/C=C\CCCCC(=O)OC(COC(=O)CCCCCCCCCCCCCCCCCCCCCCCCC/C=C\C/C=C\CCCCCCC)COC(OCC[N+](C)(C)C)C(=O)O. The van der Waals surface area contributed by atoms with Crippen molar-refractivity contribution in [2.75, 3.05) is 47.5 Å². The van der Waals surface area contributed by atoms with Crippen molar-refractivity contribution in [1.29, 1.82) is 0 Å². The molecule has 0 saturated heterocycles. The lowest BCUT2D eigenvalue weighted by Crippen LogP contribution is -2.40. The smallest absolute Gasteiger partial charge is 0.361 e. The second kappa shape index (κ2) is 62.3. The Morgan fingerprint density at radius 3 is 1.07 bits per heavy atom. The quantitative estimate of drug-likeness (QED) is 0.0211. The van der Waals surface area contributed by atoms with Gasteiger partial charge in [0.25, 0.3) is 6.29 Å². The number of rotatable bonds is 61. The molecule has 0 aromatic carbocycles. The summed E-state index contributed by atoms with van der Waals surface area (Å²) < 4.78 is 22.9. The predicted molar refractivity (Wildman–Crippen MR) is 345 cm³/mol. The number of carbonyl (C=O) groups is 3. The van der Waals surface area contributed by atoms with Crippen molar-refractivity contribution in [2.24, 2.45) is 0 Å². The summed E-state index contributed by atoms with van der Waals surface area (Å²) in [5.74, 6) is -2.06. The van der Waals surface area contributed by atoms with E-state index in [4.69, 9.17) is 18.9 Å². The largest absolute Gasteiger partial charge is 0.477 e. The van der Waals surface area contributed by atoms with Gasteiger partial charge >= 0.3 is 17.9 Å². The minimum absolute atomic E-state index is 0.176. The van der Waals surface area contributed by atoms with Crippen molar-refractivity contribution >= 4 is 17.9 Å². The molecule has 2 atom stereocenters. The van der Waals surface area contributed by atoms with Crippen LogP contribution in [0, 0.1) is 0 Å². The highest BCUT2D eigenvalue weighted by Crippen LogP contribution is 2.17. The third-order valence-electron chi connectivity index (χ3n) is 14.3. The first-order valence-corrected chi connectivity index (χ1v) is 33.4. The highest BCUT2D eigenvalue weighted by Gasteiger charge is 2.25. The number of carbonyl (C=O) groups excluding carboxylic acids is 2. The highest BCUT2D eigenvalue weighted by molar-refractivity contribution is 5.71. The number of likely N-dealkylation sites (N-methyl/N-ethyl adjacent to an activating group) is 1. The van der Waals surface area contributed by atoms with E-state index >= 15 is 0 Å². The number of allylic oxidation sites excluding steroid dienone is 16. The summed E-state index contributed by atoms with van der Waals surface area (Å²) >= 11 is 0. The van der Waals surface area contributed by atoms with E-state index in [1.807, 2.05) is 21.1 Å². The first-order chi connectivity index (χ1) is 39.6. The number of unbranched alkanes of at least 4 members (excludes halogenated alkanes) is 30. The molecule has 466 valence electrons. The number of carboxylic acid groups (broad SMARTS) is 1. The van der Waals surface area contributed by atoms with Crippen molar-refractivity contribution < 1.29 is 42.9 Å². The molecule has 0 aliphatic rings. The van der Waals surface area contributed by atoms with Crippen molar-refractivity contribution in [1.82, 2.24) is 0 Å². The Morgan fingerprint density at radius 1 is 0.383 bits per heavy atom. The van der Waals surface area contributed by atoms with Gasteiger partial charge in [0, 0.05) is 12.8 Å². The number of hydrogen-bond acceptors (Lipinski definition) is 7. The molecule has 0 heterocycles. The first kappa shape index (κ1) is 77.2. The van der Waals surface area contributed by atoms with E-state index in [2.05, 4.69) is 111 Å². The van der Waals surface area contributed by atoms with Gasteiger partial charge in [0.1, 0.15) is 13.2 Å². The van der Waals surface area contributed by atoms with E-state index in [0.717, 1.165) is 77.0 Å². The third kappa shape index (κ3) is 63.6. The van der Waals surface area contributed by atoms with Gasteiger partial charge in [0.15, 0.2) is 6.10 Å². The molecule has 0 amide bonds. The zero-order valence-corrected chi connectivity index (χ0v) is 53.2. The molecule has 1 N–H and O–H groups in total. The first-order valence-electron chi connectivity index (χ1n) is 33.4. The average molecular weight is 1130 g/mol. The number of hydrogen-bond donors (Lipinski definition) is 1. The van der Waals surface area contributed by atoms with E-state index in [-0.39, 0.29) is 32.2 Å². The van der Waals surface area contributed by atoms with Gasteiger partial charge < -0.3 is 28.5 Å². The summed E-state index contributed by atoms with van der Waals surface area (Å²) in [6, 6.07) is 0. The van der Waals surface area contributed by atoms with Crippen LogP contribution in [0.3, 0.4) is 0 Å². The van der Waals surface area contributed by atoms with E-state index < -0.39 is 24.3 Å². The van der Waals surface area contributed by atoms with Crippen LogP contribution in [0.2, 0.25) is 0 Å². The normalized spacial score (nSPS) is 13.3. The van der Waals surface area contributed by atoms with Crippen LogP contribution < -0.4 is 0 Å². The van der Waals surface area contributed by atoms with Gasteiger partial charge in [-0.2, -0.15) is 0 Å². The van der Waals surface area contributed by atoms with Crippen molar-refractivity contribution in [3.05, 3.63) is 97.2 Å². The van der Waals surface area contributed by atoms with Crippen LogP contribution in [0.4, 0.5) is 0 Å². The van der Waals surface area contributed by atoms with Crippen LogP contribution in [0.1, 0.15) is 284 Å². The molecule has 0 saturated carbocycles. The lowest BCUT2D eigenvalue weighted by atomic mass is 10.0. The van der Waals surface area contributed by atoms with Gasteiger partial charge in [0.05, 0.1) is 34.4 Å². The number of quaternary nitrogens is 1. The molecule has 0 aliphatic carbocycles. The average Bonchev–Trinajstić information content (AvgIpc) is 3.44. The predicted octanol–water partition coefficient (Wildman–Crippen LogP) is 20.5. The number of aliphatic carboxylic acids is 1. The number of carboxylic acids is 1. The maximum Gasteiger partial charge on any atom is 0.361 e. The van der Waals surface area contributed by atoms with Gasteiger partial charge in [-0.15, -0.1) is 0 Å². The summed E-state index contributed by atoms with van der Waals surface area (Å²) in [7, 11) is 5.96. The molecule has 9 heteroatoms. The molecule has 0 rings (SSSR count). The molecule has 0 radical (unpaired) electrons. The molecule has 0 aliphatic heterocycles. The second-order valence-corrected chi connectivity index (χ2v) is 23.4. The van der Waals surface area contributed by atoms with Crippen molar-refractivity contribution in [3.8, 4) is 0 Å². The minimum atomic E-state index is -1.53. The van der Waals surface area contributed by atoms with Gasteiger partial charge in [-0.1, -0.05) is 272 Å². The van der Waals surface area contributed by atoms with Gasteiger partial charge in [-0.05, 0) is 96.3 Å². The Morgan fingerprint density at radius 2 is 0.704 bits per heavy atom. The molecule has 9 nitrogen and oxygen atoms in total. The van der Waals surface area contributed by atoms with Crippen molar-refractivity contribution in [2.45, 2.75) is 296 Å². The number of esters is 2. The maximum atomic E-state index is 12.9. The van der Waals surface area contributed by atoms with Gasteiger partial charge in [-0.25, -0.2) is 4.79 Å². The van der Waals surface area contributed by atoms with E-state index in [9.17, 15) is 19.5 Å². The molecule has 0 bridgehead atoms. The van der Waals surface area contributed by atoms with Crippen LogP contribution in [0.25, 0.3) is 0 Å². The van der Waals surface area contributed by atoms with Crippen molar-refractivity contribution in [3.63, 3.8) is 0 Å². The van der Waals surface area contributed by atoms with E-state index in [1.54, 1.807) is 0 Å². The Hall–Kier alpha value is -3.79. The zero-order chi connectivity index (χ0) is 59.1. The van der Waals surface area contributed by atoms with Crippen LogP contribution in [-0.2, 0) is 33.3 Å². The molecule has 0 fully saturated rings. The number of ether oxygens (including phenoxy) is 4. The fourth-order valence-electron chi connectivity index (χ4n) is 9.23. The number of nitrogens with zero attached hydrogens (tertiary/aromatic N) is 1. The summed E-state index contributed by atoms with van der Waals surface area (Å²) in [5, 5.41) is 9.72. The summed E-state index contributed by atoms with van der Waals surface area (Å²) in [6.07, 6.45) is 82.4. The summed E-state index contributed by atoms with van der Waals surface area (Å²) in [4.78, 5) is 37.5. The Kier molecular flexibility index (Phi) is 59.3. The third-order valence-corrected chi connectivity index (χ3v) is 14.3. The minimum Gasteiger partial charge on any atom is -0.477 e. The topological polar surface area (TPSA) is 108 Å². The monoisotopic (exact) mass is 1130 g/mol. The van der Waals surface area contributed by atoms with E-state index in [1.165, 1.54) is 173 Å². The standard InChI is InChI=1S/C72H125NO8/c1-6-8-10-12-14-16-18-20-22-24-26-28-29-30-31-32-33-34-35-36-37-38-39-40-41-43-44-46-48-50-52-54-56-58-60-62-69(74)79-66-68(67-80-72(71(76)77)78-65-64-73(3,4)5)81-70(75)63-61-59-57-55-53-51-49-47-45-42-27-25-23-21-19-17-15-13-11-9-7-2/h9,11,15,17-18,20-21,23-24,26-27,42,47,49,53,55,68,72H,6-8,10,12-14,16,19,22,25,28-41,43-46,48,50-52,54,56-67H2,1-5H3/p+1/b11-9-,17-15-,20-18-,23-21-,26-24-,42-27-,49-47-,55-53-. The maximum absolute atomic E-state index is 12.9.